The summed E-state index contributed by atoms with van der Waals surface area (Å²) >= 11 is 1.42. The van der Waals surface area contributed by atoms with Gasteiger partial charge in [0, 0.05) is 11.3 Å². The molecule has 0 spiro atoms. The summed E-state index contributed by atoms with van der Waals surface area (Å²) in [4.78, 5) is 17.6. The lowest BCUT2D eigenvalue weighted by Gasteiger charge is -2.07. The maximum absolute atomic E-state index is 12.3. The van der Waals surface area contributed by atoms with Gasteiger partial charge >= 0.3 is 0 Å². The van der Waals surface area contributed by atoms with E-state index in [0.717, 1.165) is 23.1 Å². The van der Waals surface area contributed by atoms with Crippen molar-refractivity contribution < 1.29 is 9.21 Å². The molecule has 4 nitrogen and oxygen atoms in total. The zero-order valence-electron chi connectivity index (χ0n) is 15.2. The summed E-state index contributed by atoms with van der Waals surface area (Å²) in [5.41, 5.74) is 4.44. The fourth-order valence-corrected chi connectivity index (χ4v) is 3.56. The third-order valence-corrected chi connectivity index (χ3v) is 5.57. The van der Waals surface area contributed by atoms with Gasteiger partial charge in [-0.25, -0.2) is 4.98 Å². The summed E-state index contributed by atoms with van der Waals surface area (Å²) < 4.78 is 5.93. The number of fused-ring (bicyclic) bond motifs is 1. The van der Waals surface area contributed by atoms with E-state index < -0.39 is 0 Å². The number of thiophene rings is 1. The molecule has 0 aliphatic heterocycles. The van der Waals surface area contributed by atoms with Crippen LogP contribution < -0.4 is 5.32 Å². The Morgan fingerprint density at radius 3 is 2.85 bits per heavy atom. The summed E-state index contributed by atoms with van der Waals surface area (Å²) in [6.45, 7) is 4.39. The highest BCUT2D eigenvalue weighted by molar-refractivity contribution is 7.12. The number of carbonyl (C=O) groups is 1. The van der Waals surface area contributed by atoms with E-state index in [0.29, 0.717) is 22.4 Å². The van der Waals surface area contributed by atoms with Crippen molar-refractivity contribution in [1.29, 1.82) is 0 Å². The summed E-state index contributed by atoms with van der Waals surface area (Å²) in [6.07, 6.45) is 1.09. The quantitative estimate of drug-likeness (QED) is 0.443. The molecule has 1 N–H and O–H groups in total. The SMILES string of the molecule is CC[C@H](C)c1ccc2oc(-c3cccc(NC(=O)c4cccs4)c3)nc2c1. The number of benzene rings is 2. The number of amides is 1. The zero-order valence-corrected chi connectivity index (χ0v) is 16.0. The van der Waals surface area contributed by atoms with Crippen molar-refractivity contribution in [2.24, 2.45) is 0 Å². The molecule has 136 valence electrons. The Hall–Kier alpha value is -2.92. The van der Waals surface area contributed by atoms with Gasteiger partial charge in [-0.05, 0) is 59.7 Å². The Morgan fingerprint density at radius 1 is 1.19 bits per heavy atom. The molecule has 0 radical (unpaired) electrons. The van der Waals surface area contributed by atoms with Crippen molar-refractivity contribution in [2.75, 3.05) is 5.32 Å². The van der Waals surface area contributed by atoms with E-state index >= 15 is 0 Å². The number of anilines is 1. The predicted molar refractivity (Wildman–Crippen MR) is 110 cm³/mol. The van der Waals surface area contributed by atoms with Crippen LogP contribution in [-0.2, 0) is 0 Å². The van der Waals surface area contributed by atoms with Crippen LogP contribution in [0.1, 0.15) is 41.4 Å². The van der Waals surface area contributed by atoms with Gasteiger partial charge in [0.15, 0.2) is 5.58 Å². The summed E-state index contributed by atoms with van der Waals surface area (Å²) in [5, 5.41) is 4.81. The second kappa shape index (κ2) is 7.37. The molecular formula is C22H20N2O2S. The highest BCUT2D eigenvalue weighted by atomic mass is 32.1. The first-order valence-corrected chi connectivity index (χ1v) is 9.88. The predicted octanol–water partition coefficient (Wildman–Crippen LogP) is 6.32. The van der Waals surface area contributed by atoms with Crippen molar-refractivity contribution in [1.82, 2.24) is 4.98 Å². The number of hydrogen-bond acceptors (Lipinski definition) is 4. The van der Waals surface area contributed by atoms with Gasteiger partial charge in [0.2, 0.25) is 5.89 Å². The Labute approximate surface area is 161 Å². The molecule has 0 bridgehead atoms. The van der Waals surface area contributed by atoms with Crippen molar-refractivity contribution in [3.05, 3.63) is 70.4 Å². The highest BCUT2D eigenvalue weighted by Crippen LogP contribution is 2.29. The van der Waals surface area contributed by atoms with Crippen molar-refractivity contribution in [3.8, 4) is 11.5 Å². The molecule has 5 heteroatoms. The van der Waals surface area contributed by atoms with E-state index in [2.05, 4.69) is 36.3 Å². The van der Waals surface area contributed by atoms with Crippen LogP contribution in [-0.4, -0.2) is 10.9 Å². The maximum Gasteiger partial charge on any atom is 0.265 e. The van der Waals surface area contributed by atoms with Gasteiger partial charge in [-0.15, -0.1) is 11.3 Å². The lowest BCUT2D eigenvalue weighted by atomic mass is 9.98. The van der Waals surface area contributed by atoms with Gasteiger partial charge in [0.25, 0.3) is 5.91 Å². The summed E-state index contributed by atoms with van der Waals surface area (Å²) in [6, 6.07) is 17.4. The van der Waals surface area contributed by atoms with Gasteiger partial charge in [-0.1, -0.05) is 32.0 Å². The first-order valence-electron chi connectivity index (χ1n) is 9.00. The topological polar surface area (TPSA) is 55.1 Å². The summed E-state index contributed by atoms with van der Waals surface area (Å²) in [7, 11) is 0. The first-order chi connectivity index (χ1) is 13.1. The van der Waals surface area contributed by atoms with Gasteiger partial charge in [0.05, 0.1) is 4.88 Å². The fraction of sp³-hybridized carbons (Fsp3) is 0.182. The molecule has 27 heavy (non-hydrogen) atoms. The number of nitrogens with one attached hydrogen (secondary N) is 1. The van der Waals surface area contributed by atoms with Crippen LogP contribution in [0, 0.1) is 0 Å². The van der Waals surface area contributed by atoms with E-state index in [-0.39, 0.29) is 5.91 Å². The number of hydrogen-bond donors (Lipinski definition) is 1. The standard InChI is InChI=1S/C22H20N2O2S/c1-3-14(2)15-9-10-19-18(13-15)24-22(26-19)16-6-4-7-17(12-16)23-21(25)20-8-5-11-27-20/h4-14H,3H2,1-2H3,(H,23,25)/t14-/m0/s1. The molecule has 0 aliphatic carbocycles. The third-order valence-electron chi connectivity index (χ3n) is 4.71. The number of aromatic nitrogens is 1. The second-order valence-corrected chi connectivity index (χ2v) is 7.52. The Balaban J connectivity index is 1.62. The molecular weight excluding hydrogens is 356 g/mol. The van der Waals surface area contributed by atoms with Crippen LogP contribution in [0.15, 0.2) is 64.4 Å². The minimum atomic E-state index is -0.113. The van der Waals surface area contributed by atoms with Gasteiger partial charge < -0.3 is 9.73 Å². The average molecular weight is 376 g/mol. The second-order valence-electron chi connectivity index (χ2n) is 6.57. The number of nitrogens with zero attached hydrogens (tertiary/aromatic N) is 1. The smallest absolute Gasteiger partial charge is 0.265 e. The molecule has 2 aromatic heterocycles. The van der Waals surface area contributed by atoms with E-state index in [1.54, 1.807) is 6.07 Å². The normalized spacial score (nSPS) is 12.2. The maximum atomic E-state index is 12.3. The molecule has 0 fully saturated rings. The van der Waals surface area contributed by atoms with Crippen LogP contribution in [0.3, 0.4) is 0 Å². The molecule has 1 atom stereocenters. The molecule has 2 heterocycles. The van der Waals surface area contributed by atoms with Crippen LogP contribution in [0.5, 0.6) is 0 Å². The van der Waals surface area contributed by atoms with Crippen LogP contribution >= 0.6 is 11.3 Å². The average Bonchev–Trinajstić information content (AvgIpc) is 3.36. The van der Waals surface area contributed by atoms with Gasteiger partial charge in [-0.3, -0.25) is 4.79 Å². The minimum Gasteiger partial charge on any atom is -0.436 e. The lowest BCUT2D eigenvalue weighted by Crippen LogP contribution is -2.09. The number of oxazole rings is 1. The molecule has 4 rings (SSSR count). The highest BCUT2D eigenvalue weighted by Gasteiger charge is 2.12. The van der Waals surface area contributed by atoms with E-state index in [1.807, 2.05) is 41.8 Å². The molecule has 2 aromatic carbocycles. The molecule has 0 saturated heterocycles. The van der Waals surface area contributed by atoms with Crippen LogP contribution in [0.25, 0.3) is 22.6 Å². The first kappa shape index (κ1) is 17.5. The van der Waals surface area contributed by atoms with Crippen molar-refractivity contribution >= 4 is 34.0 Å². The van der Waals surface area contributed by atoms with Crippen molar-refractivity contribution in [2.45, 2.75) is 26.2 Å². The van der Waals surface area contributed by atoms with E-state index in [1.165, 1.54) is 16.9 Å². The van der Waals surface area contributed by atoms with Crippen LogP contribution in [0.4, 0.5) is 5.69 Å². The monoisotopic (exact) mass is 376 g/mol. The Kier molecular flexibility index (Phi) is 4.77. The summed E-state index contributed by atoms with van der Waals surface area (Å²) in [5.74, 6) is 0.932. The molecule has 0 unspecified atom stereocenters. The largest absolute Gasteiger partial charge is 0.436 e. The van der Waals surface area contributed by atoms with Gasteiger partial charge in [-0.2, -0.15) is 0 Å². The molecule has 0 saturated carbocycles. The Bertz CT molecular complexity index is 1080. The van der Waals surface area contributed by atoms with Crippen molar-refractivity contribution in [3.63, 3.8) is 0 Å². The minimum absolute atomic E-state index is 0.113. The third kappa shape index (κ3) is 3.64. The molecule has 4 aromatic rings. The lowest BCUT2D eigenvalue weighted by molar-refractivity contribution is 0.103. The van der Waals surface area contributed by atoms with E-state index in [4.69, 9.17) is 4.42 Å². The fourth-order valence-electron chi connectivity index (χ4n) is 2.94. The van der Waals surface area contributed by atoms with E-state index in [9.17, 15) is 4.79 Å². The number of carbonyl (C=O) groups excluding carboxylic acids is 1. The van der Waals surface area contributed by atoms with Gasteiger partial charge in [0.1, 0.15) is 5.52 Å². The van der Waals surface area contributed by atoms with Crippen LogP contribution in [0.2, 0.25) is 0 Å². The molecule has 0 aliphatic rings. The zero-order chi connectivity index (χ0) is 18.8. The molecule has 1 amide bonds. The number of rotatable bonds is 5. The Morgan fingerprint density at radius 2 is 2.07 bits per heavy atom.